The molecule has 5 heteroatoms. The Morgan fingerprint density at radius 2 is 1.95 bits per heavy atom. The number of halogens is 1. The van der Waals surface area contributed by atoms with E-state index in [4.69, 9.17) is 23.8 Å². The number of hydrogen-bond acceptors (Lipinski definition) is 2. The van der Waals surface area contributed by atoms with E-state index in [-0.39, 0.29) is 0 Å². The van der Waals surface area contributed by atoms with Crippen molar-refractivity contribution in [3.63, 3.8) is 0 Å². The van der Waals surface area contributed by atoms with Crippen molar-refractivity contribution in [1.82, 2.24) is 0 Å². The molecule has 2 nitrogen and oxygen atoms in total. The van der Waals surface area contributed by atoms with E-state index in [9.17, 15) is 0 Å². The van der Waals surface area contributed by atoms with E-state index in [1.807, 2.05) is 43.5 Å². The van der Waals surface area contributed by atoms with Gasteiger partial charge in [-0.25, -0.2) is 0 Å². The highest BCUT2D eigenvalue weighted by Gasteiger charge is 2.03. The van der Waals surface area contributed by atoms with Crippen molar-refractivity contribution in [3.05, 3.63) is 53.1 Å². The Bertz CT molecular complexity index is 629. The molecule has 0 aromatic heterocycles. The molecule has 0 saturated heterocycles. The fourth-order valence-electron chi connectivity index (χ4n) is 1.75. The summed E-state index contributed by atoms with van der Waals surface area (Å²) in [6.45, 7) is 1.99. The summed E-state index contributed by atoms with van der Waals surface area (Å²) in [5.41, 5.74) is 2.98. The minimum absolute atomic E-state index is 0.564. The Hall–Kier alpha value is -1.23. The van der Waals surface area contributed by atoms with Crippen LogP contribution in [0.5, 0.6) is 0 Å². The lowest BCUT2D eigenvalue weighted by atomic mass is 10.2. The minimum Gasteiger partial charge on any atom is -0.332 e. The average molecular weight is 323 g/mol. The maximum atomic E-state index is 5.94. The highest BCUT2D eigenvalue weighted by molar-refractivity contribution is 7.98. The summed E-state index contributed by atoms with van der Waals surface area (Å²) in [4.78, 5) is 1.19. The molecule has 0 bridgehead atoms. The van der Waals surface area contributed by atoms with Crippen molar-refractivity contribution in [2.24, 2.45) is 0 Å². The number of aryl methyl sites for hydroxylation is 1. The molecule has 2 aromatic carbocycles. The van der Waals surface area contributed by atoms with E-state index >= 15 is 0 Å². The Morgan fingerprint density at radius 1 is 1.15 bits per heavy atom. The maximum Gasteiger partial charge on any atom is 0.175 e. The molecule has 0 aliphatic carbocycles. The molecule has 2 aromatic rings. The number of thiocarbonyl (C=S) groups is 1. The molecular formula is C15H15ClN2S2. The summed E-state index contributed by atoms with van der Waals surface area (Å²) in [7, 11) is 0. The number of thioether (sulfide) groups is 1. The predicted octanol–water partition coefficient (Wildman–Crippen LogP) is 5.18. The first-order valence-corrected chi connectivity index (χ1v) is 8.08. The van der Waals surface area contributed by atoms with Crippen molar-refractivity contribution in [2.75, 3.05) is 16.9 Å². The summed E-state index contributed by atoms with van der Waals surface area (Å²) >= 11 is 13.0. The van der Waals surface area contributed by atoms with Crippen LogP contribution in [0.2, 0.25) is 5.02 Å². The summed E-state index contributed by atoms with van der Waals surface area (Å²) in [6, 6.07) is 13.8. The van der Waals surface area contributed by atoms with Gasteiger partial charge < -0.3 is 10.6 Å². The SMILES string of the molecule is CSc1cccc(NC(=S)Nc2ccc(Cl)cc2C)c1. The second-order valence-electron chi connectivity index (χ2n) is 4.27. The lowest BCUT2D eigenvalue weighted by Crippen LogP contribution is -2.19. The maximum absolute atomic E-state index is 5.94. The molecule has 2 rings (SSSR count). The second-order valence-corrected chi connectivity index (χ2v) is 5.99. The average Bonchev–Trinajstić information content (AvgIpc) is 2.42. The van der Waals surface area contributed by atoms with Crippen LogP contribution in [0.3, 0.4) is 0 Å². The van der Waals surface area contributed by atoms with Crippen molar-refractivity contribution in [1.29, 1.82) is 0 Å². The largest absolute Gasteiger partial charge is 0.332 e. The van der Waals surface area contributed by atoms with Crippen LogP contribution in [0.15, 0.2) is 47.4 Å². The zero-order valence-corrected chi connectivity index (χ0v) is 13.6. The molecule has 0 aliphatic heterocycles. The third-order valence-electron chi connectivity index (χ3n) is 2.76. The third-order valence-corrected chi connectivity index (χ3v) is 3.93. The quantitative estimate of drug-likeness (QED) is 0.600. The standard InChI is InChI=1S/C15H15ClN2S2/c1-10-8-11(16)6-7-14(10)18-15(19)17-12-4-3-5-13(9-12)20-2/h3-9H,1-2H3,(H2,17,18,19). The van der Waals surface area contributed by atoms with E-state index in [2.05, 4.69) is 22.8 Å². The first-order valence-electron chi connectivity index (χ1n) is 6.06. The fraction of sp³-hybridized carbons (Fsp3) is 0.133. The van der Waals surface area contributed by atoms with Gasteiger partial charge in [0.1, 0.15) is 0 Å². The molecular weight excluding hydrogens is 308 g/mol. The molecule has 0 saturated carbocycles. The zero-order valence-electron chi connectivity index (χ0n) is 11.2. The van der Waals surface area contributed by atoms with E-state index in [0.29, 0.717) is 5.11 Å². The van der Waals surface area contributed by atoms with Crippen LogP contribution >= 0.6 is 35.6 Å². The van der Waals surface area contributed by atoms with Crippen LogP contribution in [0, 0.1) is 6.92 Å². The first-order chi connectivity index (χ1) is 9.58. The second kappa shape index (κ2) is 6.97. The third kappa shape index (κ3) is 4.13. The van der Waals surface area contributed by atoms with Crippen LogP contribution < -0.4 is 10.6 Å². The molecule has 0 heterocycles. The Morgan fingerprint density at radius 3 is 2.65 bits per heavy atom. The van der Waals surface area contributed by atoms with Gasteiger partial charge in [-0.3, -0.25) is 0 Å². The molecule has 0 unspecified atom stereocenters. The van der Waals surface area contributed by atoms with Gasteiger partial charge in [0.25, 0.3) is 0 Å². The van der Waals surface area contributed by atoms with Gasteiger partial charge in [-0.05, 0) is 67.4 Å². The minimum atomic E-state index is 0.564. The van der Waals surface area contributed by atoms with Crippen molar-refractivity contribution in [2.45, 2.75) is 11.8 Å². The van der Waals surface area contributed by atoms with Gasteiger partial charge in [-0.15, -0.1) is 11.8 Å². The van der Waals surface area contributed by atoms with Crippen LogP contribution in [0.25, 0.3) is 0 Å². The molecule has 20 heavy (non-hydrogen) atoms. The molecule has 0 amide bonds. The summed E-state index contributed by atoms with van der Waals surface area (Å²) in [5, 5.41) is 7.64. The topological polar surface area (TPSA) is 24.1 Å². The van der Waals surface area contributed by atoms with E-state index < -0.39 is 0 Å². The summed E-state index contributed by atoms with van der Waals surface area (Å²) in [6.07, 6.45) is 2.05. The Kier molecular flexibility index (Phi) is 5.29. The van der Waals surface area contributed by atoms with E-state index in [1.165, 1.54) is 4.90 Å². The van der Waals surface area contributed by atoms with Crippen LogP contribution in [0.4, 0.5) is 11.4 Å². The molecule has 104 valence electrons. The number of benzene rings is 2. The van der Waals surface area contributed by atoms with Gasteiger partial charge in [-0.1, -0.05) is 17.7 Å². The highest BCUT2D eigenvalue weighted by atomic mass is 35.5. The molecule has 0 atom stereocenters. The van der Waals surface area contributed by atoms with Gasteiger partial charge in [0.05, 0.1) is 0 Å². The number of nitrogens with one attached hydrogen (secondary N) is 2. The van der Waals surface area contributed by atoms with Gasteiger partial charge in [-0.2, -0.15) is 0 Å². The molecule has 0 aliphatic rings. The lowest BCUT2D eigenvalue weighted by Gasteiger charge is -2.13. The monoisotopic (exact) mass is 322 g/mol. The predicted molar refractivity (Wildman–Crippen MR) is 94.3 cm³/mol. The number of hydrogen-bond donors (Lipinski definition) is 2. The van der Waals surface area contributed by atoms with Crippen molar-refractivity contribution >= 4 is 52.1 Å². The Balaban J connectivity index is 2.05. The normalized spacial score (nSPS) is 10.2. The van der Waals surface area contributed by atoms with Gasteiger partial charge in [0.2, 0.25) is 0 Å². The summed E-state index contributed by atoms with van der Waals surface area (Å²) < 4.78 is 0. The van der Waals surface area contributed by atoms with Crippen molar-refractivity contribution in [3.8, 4) is 0 Å². The van der Waals surface area contributed by atoms with Crippen molar-refractivity contribution < 1.29 is 0 Å². The van der Waals surface area contributed by atoms with Gasteiger partial charge >= 0.3 is 0 Å². The highest BCUT2D eigenvalue weighted by Crippen LogP contribution is 2.21. The summed E-state index contributed by atoms with van der Waals surface area (Å²) in [5.74, 6) is 0. The fourth-order valence-corrected chi connectivity index (χ4v) is 2.67. The number of rotatable bonds is 3. The van der Waals surface area contributed by atoms with Crippen LogP contribution in [-0.4, -0.2) is 11.4 Å². The van der Waals surface area contributed by atoms with Gasteiger partial charge in [0.15, 0.2) is 5.11 Å². The smallest absolute Gasteiger partial charge is 0.175 e. The molecule has 0 spiro atoms. The lowest BCUT2D eigenvalue weighted by molar-refractivity contribution is 1.44. The first kappa shape index (κ1) is 15.2. The van der Waals surface area contributed by atoms with Crippen LogP contribution in [-0.2, 0) is 0 Å². The van der Waals surface area contributed by atoms with E-state index in [1.54, 1.807) is 11.8 Å². The van der Waals surface area contributed by atoms with E-state index in [0.717, 1.165) is 22.0 Å². The molecule has 0 radical (unpaired) electrons. The zero-order chi connectivity index (χ0) is 14.5. The number of anilines is 2. The van der Waals surface area contributed by atoms with Gasteiger partial charge in [0, 0.05) is 21.3 Å². The Labute approximate surface area is 133 Å². The molecule has 0 fully saturated rings. The molecule has 2 N–H and O–H groups in total. The van der Waals surface area contributed by atoms with Crippen LogP contribution in [0.1, 0.15) is 5.56 Å².